The molecule has 0 amide bonds. The Morgan fingerprint density at radius 1 is 1.11 bits per heavy atom. The molecule has 0 saturated carbocycles. The lowest BCUT2D eigenvalue weighted by Crippen LogP contribution is -2.41. The number of alkyl halides is 3. The monoisotopic (exact) mass is 385 g/mol. The number of hydrogen-bond donors (Lipinski definition) is 1. The highest BCUT2D eigenvalue weighted by Gasteiger charge is 2.31. The van der Waals surface area contributed by atoms with Gasteiger partial charge >= 0.3 is 6.36 Å². The molecule has 2 aromatic rings. The number of rotatable bonds is 6. The van der Waals surface area contributed by atoms with Crippen molar-refractivity contribution in [2.45, 2.75) is 12.4 Å². The van der Waals surface area contributed by atoms with Gasteiger partial charge in [0.15, 0.2) is 0 Å². The first kappa shape index (κ1) is 19.4. The minimum absolute atomic E-state index is 0.0533. The van der Waals surface area contributed by atoms with Crippen molar-refractivity contribution in [2.24, 2.45) is 0 Å². The molecule has 5 nitrogen and oxygen atoms in total. The second-order valence-corrected chi connectivity index (χ2v) is 6.02. The van der Waals surface area contributed by atoms with Crippen molar-refractivity contribution in [1.82, 2.24) is 9.88 Å². The summed E-state index contributed by atoms with van der Waals surface area (Å²) in [6, 6.07) is 8.83. The summed E-state index contributed by atoms with van der Waals surface area (Å²) in [7, 11) is 0. The highest BCUT2D eigenvalue weighted by atomic mass is 19.4. The van der Waals surface area contributed by atoms with Crippen LogP contribution in [0.25, 0.3) is 0 Å². The standard InChI is InChI=1S/C18H19F4N3O2/c19-14-3-1-13(2-4-14)16(25-7-9-26-10-8-25)12-24-17-6-5-15(11-23-17)27-18(20,21)22/h1-6,11,16H,7-10,12H2,(H,23,24). The maximum absolute atomic E-state index is 13.2. The number of halogens is 4. The summed E-state index contributed by atoms with van der Waals surface area (Å²) in [5.41, 5.74) is 0.933. The molecule has 0 bridgehead atoms. The van der Waals surface area contributed by atoms with E-state index in [4.69, 9.17) is 4.74 Å². The molecule has 9 heteroatoms. The fourth-order valence-electron chi connectivity index (χ4n) is 2.91. The van der Waals surface area contributed by atoms with Gasteiger partial charge in [-0.15, -0.1) is 13.2 Å². The van der Waals surface area contributed by atoms with Crippen molar-refractivity contribution in [1.29, 1.82) is 0 Å². The molecule has 3 rings (SSSR count). The summed E-state index contributed by atoms with van der Waals surface area (Å²) in [6.45, 7) is 3.14. The van der Waals surface area contributed by atoms with Gasteiger partial charge in [-0.1, -0.05) is 12.1 Å². The van der Waals surface area contributed by atoms with Gasteiger partial charge < -0.3 is 14.8 Å². The zero-order chi connectivity index (χ0) is 19.3. The van der Waals surface area contributed by atoms with Gasteiger partial charge in [0.25, 0.3) is 0 Å². The van der Waals surface area contributed by atoms with E-state index in [0.29, 0.717) is 25.6 Å². The van der Waals surface area contributed by atoms with Gasteiger partial charge in [-0.2, -0.15) is 0 Å². The topological polar surface area (TPSA) is 46.6 Å². The number of nitrogens with zero attached hydrogens (tertiary/aromatic N) is 2. The van der Waals surface area contributed by atoms with Crippen LogP contribution in [0.5, 0.6) is 5.75 Å². The number of hydrogen-bond acceptors (Lipinski definition) is 5. The Labute approximate surface area is 153 Å². The van der Waals surface area contributed by atoms with E-state index >= 15 is 0 Å². The molecule has 146 valence electrons. The second-order valence-electron chi connectivity index (χ2n) is 6.02. The quantitative estimate of drug-likeness (QED) is 0.770. The predicted molar refractivity (Wildman–Crippen MR) is 90.9 cm³/mol. The second kappa shape index (κ2) is 8.53. The van der Waals surface area contributed by atoms with E-state index in [2.05, 4.69) is 19.9 Å². The summed E-state index contributed by atoms with van der Waals surface area (Å²) in [5, 5.41) is 3.12. The molecule has 1 aliphatic rings. The van der Waals surface area contributed by atoms with E-state index < -0.39 is 6.36 Å². The molecule has 1 aromatic heterocycles. The average molecular weight is 385 g/mol. The average Bonchev–Trinajstić information content (AvgIpc) is 2.64. The van der Waals surface area contributed by atoms with Crippen LogP contribution in [0.3, 0.4) is 0 Å². The van der Waals surface area contributed by atoms with Crippen LogP contribution in [0, 0.1) is 5.82 Å². The van der Waals surface area contributed by atoms with Crippen molar-refractivity contribution < 1.29 is 27.0 Å². The SMILES string of the molecule is Fc1ccc(C(CNc2ccc(OC(F)(F)F)cn2)N2CCOCC2)cc1. The fourth-order valence-corrected chi connectivity index (χ4v) is 2.91. The normalized spacial score (nSPS) is 16.7. The van der Waals surface area contributed by atoms with Crippen LogP contribution in [-0.4, -0.2) is 49.1 Å². The first-order valence-electron chi connectivity index (χ1n) is 8.44. The van der Waals surface area contributed by atoms with Gasteiger partial charge in [0, 0.05) is 19.6 Å². The minimum Gasteiger partial charge on any atom is -0.404 e. The summed E-state index contributed by atoms with van der Waals surface area (Å²) >= 11 is 0. The van der Waals surface area contributed by atoms with Crippen molar-refractivity contribution in [3.05, 3.63) is 54.0 Å². The molecule has 1 atom stereocenters. The molecule has 0 spiro atoms. The summed E-state index contributed by atoms with van der Waals surface area (Å²) in [4.78, 5) is 6.16. The first-order valence-corrected chi connectivity index (χ1v) is 8.44. The van der Waals surface area contributed by atoms with Crippen LogP contribution in [0.15, 0.2) is 42.6 Å². The lowest BCUT2D eigenvalue weighted by atomic mass is 10.0. The highest BCUT2D eigenvalue weighted by Crippen LogP contribution is 2.25. The van der Waals surface area contributed by atoms with E-state index in [0.717, 1.165) is 24.8 Å². The van der Waals surface area contributed by atoms with E-state index in [1.165, 1.54) is 24.3 Å². The van der Waals surface area contributed by atoms with Crippen LogP contribution < -0.4 is 10.1 Å². The molecular weight excluding hydrogens is 366 g/mol. The lowest BCUT2D eigenvalue weighted by molar-refractivity contribution is -0.274. The van der Waals surface area contributed by atoms with E-state index in [1.807, 2.05) is 0 Å². The number of benzene rings is 1. The number of ether oxygens (including phenoxy) is 2. The Kier molecular flexibility index (Phi) is 6.12. The molecule has 1 aliphatic heterocycles. The van der Waals surface area contributed by atoms with Crippen LogP contribution in [-0.2, 0) is 4.74 Å². The maximum atomic E-state index is 13.2. The summed E-state index contributed by atoms with van der Waals surface area (Å²) in [6.07, 6.45) is -3.74. The Morgan fingerprint density at radius 3 is 2.41 bits per heavy atom. The van der Waals surface area contributed by atoms with Crippen molar-refractivity contribution >= 4 is 5.82 Å². The predicted octanol–water partition coefficient (Wildman–Crippen LogP) is 3.60. The Balaban J connectivity index is 1.67. The number of nitrogens with one attached hydrogen (secondary N) is 1. The third kappa shape index (κ3) is 5.80. The lowest BCUT2D eigenvalue weighted by Gasteiger charge is -2.35. The zero-order valence-electron chi connectivity index (χ0n) is 14.4. The molecule has 2 heterocycles. The highest BCUT2D eigenvalue weighted by molar-refractivity contribution is 5.38. The zero-order valence-corrected chi connectivity index (χ0v) is 14.4. The van der Waals surface area contributed by atoms with Gasteiger partial charge in [-0.3, -0.25) is 4.90 Å². The number of pyridine rings is 1. The summed E-state index contributed by atoms with van der Waals surface area (Å²) < 4.78 is 59.1. The van der Waals surface area contributed by atoms with Crippen molar-refractivity contribution in [2.75, 3.05) is 38.2 Å². The molecular formula is C18H19F4N3O2. The fraction of sp³-hybridized carbons (Fsp3) is 0.389. The first-order chi connectivity index (χ1) is 12.9. The molecule has 0 radical (unpaired) electrons. The Morgan fingerprint density at radius 2 is 1.81 bits per heavy atom. The number of aromatic nitrogens is 1. The van der Waals surface area contributed by atoms with E-state index in [1.54, 1.807) is 12.1 Å². The smallest absolute Gasteiger partial charge is 0.404 e. The molecule has 1 unspecified atom stereocenters. The van der Waals surface area contributed by atoms with Crippen LogP contribution >= 0.6 is 0 Å². The van der Waals surface area contributed by atoms with Crippen LogP contribution in [0.4, 0.5) is 23.4 Å². The molecule has 1 fully saturated rings. The van der Waals surface area contributed by atoms with E-state index in [9.17, 15) is 17.6 Å². The Bertz CT molecular complexity index is 717. The minimum atomic E-state index is -4.75. The van der Waals surface area contributed by atoms with Gasteiger partial charge in [0.05, 0.1) is 25.5 Å². The molecule has 27 heavy (non-hydrogen) atoms. The molecule has 1 N–H and O–H groups in total. The summed E-state index contributed by atoms with van der Waals surface area (Å²) in [5.74, 6) is -0.268. The van der Waals surface area contributed by atoms with E-state index in [-0.39, 0.29) is 17.6 Å². The molecule has 1 saturated heterocycles. The van der Waals surface area contributed by atoms with Crippen molar-refractivity contribution in [3.8, 4) is 5.75 Å². The molecule has 1 aromatic carbocycles. The maximum Gasteiger partial charge on any atom is 0.573 e. The van der Waals surface area contributed by atoms with Crippen LogP contribution in [0.1, 0.15) is 11.6 Å². The third-order valence-corrected chi connectivity index (χ3v) is 4.19. The van der Waals surface area contributed by atoms with Gasteiger partial charge in [-0.25, -0.2) is 9.37 Å². The van der Waals surface area contributed by atoms with Gasteiger partial charge in [-0.05, 0) is 29.8 Å². The van der Waals surface area contributed by atoms with Gasteiger partial charge in [0.1, 0.15) is 17.4 Å². The number of anilines is 1. The molecule has 0 aliphatic carbocycles. The number of morpholine rings is 1. The van der Waals surface area contributed by atoms with Crippen molar-refractivity contribution in [3.63, 3.8) is 0 Å². The van der Waals surface area contributed by atoms with Gasteiger partial charge in [0.2, 0.25) is 0 Å². The largest absolute Gasteiger partial charge is 0.573 e. The third-order valence-electron chi connectivity index (χ3n) is 4.19. The Hall–Kier alpha value is -2.39. The van der Waals surface area contributed by atoms with Crippen LogP contribution in [0.2, 0.25) is 0 Å².